The minimum absolute atomic E-state index is 0.0100. The molecule has 186 valence electrons. The molecule has 0 aliphatic heterocycles. The highest BCUT2D eigenvalue weighted by Gasteiger charge is 2.29. The molecule has 0 heterocycles. The van der Waals surface area contributed by atoms with E-state index in [4.69, 9.17) is 18.9 Å². The molecular weight excluding hydrogens is 436 g/mol. The molecule has 0 spiro atoms. The zero-order chi connectivity index (χ0) is 25.1. The van der Waals surface area contributed by atoms with Crippen molar-refractivity contribution in [1.82, 2.24) is 10.2 Å². The first-order valence-corrected chi connectivity index (χ1v) is 11.4. The number of nitrogens with one attached hydrogen (secondary N) is 1. The maximum absolute atomic E-state index is 13.4. The minimum atomic E-state index is -0.642. The van der Waals surface area contributed by atoms with Gasteiger partial charge in [0.05, 0.1) is 21.3 Å². The second kappa shape index (κ2) is 13.3. The van der Waals surface area contributed by atoms with Gasteiger partial charge >= 0.3 is 0 Å². The van der Waals surface area contributed by atoms with Crippen molar-refractivity contribution < 1.29 is 28.5 Å². The van der Waals surface area contributed by atoms with Crippen LogP contribution in [0, 0.1) is 0 Å². The Morgan fingerprint density at radius 2 is 1.50 bits per heavy atom. The van der Waals surface area contributed by atoms with E-state index in [1.807, 2.05) is 45.0 Å². The van der Waals surface area contributed by atoms with E-state index in [-0.39, 0.29) is 31.0 Å². The fourth-order valence-electron chi connectivity index (χ4n) is 3.42. The summed E-state index contributed by atoms with van der Waals surface area (Å²) in [6.07, 6.45) is 1.26. The van der Waals surface area contributed by atoms with Gasteiger partial charge in [-0.15, -0.1) is 0 Å². The van der Waals surface area contributed by atoms with Crippen LogP contribution in [-0.4, -0.2) is 56.7 Å². The quantitative estimate of drug-likeness (QED) is 0.477. The second-order valence-electron chi connectivity index (χ2n) is 7.95. The topological polar surface area (TPSA) is 86.3 Å². The second-order valence-corrected chi connectivity index (χ2v) is 7.95. The summed E-state index contributed by atoms with van der Waals surface area (Å²) in [7, 11) is 4.68. The van der Waals surface area contributed by atoms with Gasteiger partial charge in [-0.05, 0) is 37.5 Å². The van der Waals surface area contributed by atoms with Crippen molar-refractivity contribution in [3.63, 3.8) is 0 Å². The first-order valence-electron chi connectivity index (χ1n) is 11.4. The molecule has 0 saturated carbocycles. The minimum Gasteiger partial charge on any atom is -0.497 e. The number of amides is 2. The lowest BCUT2D eigenvalue weighted by Gasteiger charge is -2.31. The molecule has 2 rings (SSSR count). The molecular formula is C26H36N2O6. The summed E-state index contributed by atoms with van der Waals surface area (Å²) in [5.41, 5.74) is 0.852. The predicted octanol–water partition coefficient (Wildman–Crippen LogP) is 3.81. The van der Waals surface area contributed by atoms with Crippen molar-refractivity contribution >= 4 is 11.8 Å². The van der Waals surface area contributed by atoms with Crippen LogP contribution in [0.4, 0.5) is 0 Å². The molecule has 2 aromatic rings. The summed E-state index contributed by atoms with van der Waals surface area (Å²) in [5, 5.41) is 3.00. The van der Waals surface area contributed by atoms with E-state index < -0.39 is 6.04 Å². The third-order valence-electron chi connectivity index (χ3n) is 5.56. The molecule has 0 bridgehead atoms. The van der Waals surface area contributed by atoms with E-state index in [9.17, 15) is 9.59 Å². The molecule has 0 aliphatic carbocycles. The highest BCUT2D eigenvalue weighted by molar-refractivity contribution is 5.88. The summed E-state index contributed by atoms with van der Waals surface area (Å²) < 4.78 is 21.6. The van der Waals surface area contributed by atoms with E-state index in [0.717, 1.165) is 12.0 Å². The zero-order valence-electron chi connectivity index (χ0n) is 20.9. The summed E-state index contributed by atoms with van der Waals surface area (Å²) in [5.74, 6) is 1.72. The van der Waals surface area contributed by atoms with Gasteiger partial charge in [0.2, 0.25) is 5.91 Å². The van der Waals surface area contributed by atoms with Crippen LogP contribution in [-0.2, 0) is 16.1 Å². The third kappa shape index (κ3) is 7.57. The summed E-state index contributed by atoms with van der Waals surface area (Å²) in [6.45, 7) is 5.83. The van der Waals surface area contributed by atoms with Crippen molar-refractivity contribution in [1.29, 1.82) is 0 Å². The molecule has 0 aromatic heterocycles. The summed E-state index contributed by atoms with van der Waals surface area (Å²) in [4.78, 5) is 28.0. The van der Waals surface area contributed by atoms with Crippen LogP contribution in [0.5, 0.6) is 23.0 Å². The Bertz CT molecular complexity index is 926. The SMILES string of the molecule is CC[C@@H](C)NC(=O)[C@@H](CC)N(Cc1cccc(OC)c1)C(=O)COc1cc(OC)cc(OC)c1. The maximum Gasteiger partial charge on any atom is 0.261 e. The van der Waals surface area contributed by atoms with Crippen LogP contribution in [0.25, 0.3) is 0 Å². The van der Waals surface area contributed by atoms with Gasteiger partial charge in [-0.3, -0.25) is 9.59 Å². The van der Waals surface area contributed by atoms with Crippen molar-refractivity contribution in [2.75, 3.05) is 27.9 Å². The van der Waals surface area contributed by atoms with Crippen LogP contribution in [0.3, 0.4) is 0 Å². The van der Waals surface area contributed by atoms with E-state index in [1.165, 1.54) is 0 Å². The highest BCUT2D eigenvalue weighted by atomic mass is 16.5. The normalized spacial score (nSPS) is 12.3. The monoisotopic (exact) mass is 472 g/mol. The average molecular weight is 473 g/mol. The van der Waals surface area contributed by atoms with Crippen molar-refractivity contribution in [3.05, 3.63) is 48.0 Å². The number of carbonyl (C=O) groups is 2. The Hall–Kier alpha value is -3.42. The van der Waals surface area contributed by atoms with E-state index in [1.54, 1.807) is 44.4 Å². The molecule has 0 radical (unpaired) electrons. The van der Waals surface area contributed by atoms with Crippen LogP contribution in [0.15, 0.2) is 42.5 Å². The number of hydrogen-bond donors (Lipinski definition) is 1. The largest absolute Gasteiger partial charge is 0.497 e. The molecule has 0 saturated heterocycles. The van der Waals surface area contributed by atoms with Gasteiger partial charge in [0.15, 0.2) is 6.61 Å². The van der Waals surface area contributed by atoms with Gasteiger partial charge in [0, 0.05) is 30.8 Å². The zero-order valence-corrected chi connectivity index (χ0v) is 20.9. The molecule has 2 aromatic carbocycles. The van der Waals surface area contributed by atoms with Crippen LogP contribution >= 0.6 is 0 Å². The maximum atomic E-state index is 13.4. The van der Waals surface area contributed by atoms with E-state index in [0.29, 0.717) is 29.4 Å². The van der Waals surface area contributed by atoms with Gasteiger partial charge in [0.25, 0.3) is 5.91 Å². The lowest BCUT2D eigenvalue weighted by molar-refractivity contribution is -0.143. The fourth-order valence-corrected chi connectivity index (χ4v) is 3.42. The number of rotatable bonds is 13. The van der Waals surface area contributed by atoms with Crippen molar-refractivity contribution in [2.45, 2.75) is 52.2 Å². The molecule has 1 N–H and O–H groups in total. The Morgan fingerprint density at radius 3 is 2.06 bits per heavy atom. The van der Waals surface area contributed by atoms with Gasteiger partial charge < -0.3 is 29.2 Å². The molecule has 0 fully saturated rings. The Labute approximate surface area is 202 Å². The number of ether oxygens (including phenoxy) is 4. The van der Waals surface area contributed by atoms with E-state index in [2.05, 4.69) is 5.32 Å². The van der Waals surface area contributed by atoms with Gasteiger partial charge in [0.1, 0.15) is 29.0 Å². The Balaban J connectivity index is 2.27. The fraction of sp³-hybridized carbons (Fsp3) is 0.462. The van der Waals surface area contributed by atoms with Crippen LogP contribution in [0.2, 0.25) is 0 Å². The van der Waals surface area contributed by atoms with Crippen LogP contribution in [0.1, 0.15) is 39.2 Å². The molecule has 0 aliphatic rings. The van der Waals surface area contributed by atoms with Gasteiger partial charge in [-0.2, -0.15) is 0 Å². The summed E-state index contributed by atoms with van der Waals surface area (Å²) >= 11 is 0. The standard InChI is InChI=1S/C26H36N2O6/c1-7-18(3)27-26(30)24(8-2)28(16-19-10-9-11-20(12-19)31-4)25(29)17-34-23-14-21(32-5)13-22(15-23)33-6/h9-15,18,24H,7-8,16-17H2,1-6H3,(H,27,30)/t18-,24-/m1/s1. The molecule has 2 atom stereocenters. The van der Waals surface area contributed by atoms with Crippen molar-refractivity contribution in [3.8, 4) is 23.0 Å². The van der Waals surface area contributed by atoms with Crippen molar-refractivity contribution in [2.24, 2.45) is 0 Å². The number of carbonyl (C=O) groups excluding carboxylic acids is 2. The molecule has 0 unspecified atom stereocenters. The number of benzene rings is 2. The average Bonchev–Trinajstić information content (AvgIpc) is 2.86. The Morgan fingerprint density at radius 1 is 0.882 bits per heavy atom. The van der Waals surface area contributed by atoms with Gasteiger partial charge in [-0.1, -0.05) is 26.0 Å². The lowest BCUT2D eigenvalue weighted by Crippen LogP contribution is -2.51. The highest BCUT2D eigenvalue weighted by Crippen LogP contribution is 2.27. The molecule has 8 nitrogen and oxygen atoms in total. The number of hydrogen-bond acceptors (Lipinski definition) is 6. The number of methoxy groups -OCH3 is 3. The Kier molecular flexibility index (Phi) is 10.5. The molecule has 34 heavy (non-hydrogen) atoms. The predicted molar refractivity (Wildman–Crippen MR) is 131 cm³/mol. The lowest BCUT2D eigenvalue weighted by atomic mass is 10.1. The summed E-state index contributed by atoms with van der Waals surface area (Å²) in [6, 6.07) is 11.9. The first-order chi connectivity index (χ1) is 16.3. The van der Waals surface area contributed by atoms with Crippen LogP contribution < -0.4 is 24.3 Å². The smallest absolute Gasteiger partial charge is 0.261 e. The molecule has 2 amide bonds. The third-order valence-corrected chi connectivity index (χ3v) is 5.56. The number of nitrogens with zero attached hydrogens (tertiary/aromatic N) is 1. The molecule has 8 heteroatoms. The van der Waals surface area contributed by atoms with Gasteiger partial charge in [-0.25, -0.2) is 0 Å². The van der Waals surface area contributed by atoms with E-state index >= 15 is 0 Å². The first kappa shape index (κ1) is 26.8.